The molecule has 0 amide bonds. The Hall–Kier alpha value is -2.04. The molecule has 2 aromatic rings. The maximum atomic E-state index is 11.3. The first kappa shape index (κ1) is 21.7. The molecule has 0 saturated carbocycles. The summed E-state index contributed by atoms with van der Waals surface area (Å²) in [7, 11) is 1.73. The summed E-state index contributed by atoms with van der Waals surface area (Å²) in [6.07, 6.45) is 3.82. The lowest BCUT2D eigenvalue weighted by atomic mass is 9.80. The van der Waals surface area contributed by atoms with E-state index in [4.69, 9.17) is 9.47 Å². The second-order valence-corrected chi connectivity index (χ2v) is 8.96. The SMILES string of the molecule is COc1c(C)cc(CCCCNCC2(O)CC(C)(C)Oc3ccccc32)cc1C. The zero-order valence-corrected chi connectivity index (χ0v) is 18.5. The highest BCUT2D eigenvalue weighted by Crippen LogP contribution is 2.43. The molecule has 0 fully saturated rings. The molecule has 2 aromatic carbocycles. The lowest BCUT2D eigenvalue weighted by molar-refractivity contribution is -0.0624. The predicted octanol–water partition coefficient (Wildman–Crippen LogP) is 4.67. The van der Waals surface area contributed by atoms with Crippen molar-refractivity contribution >= 4 is 0 Å². The van der Waals surface area contributed by atoms with E-state index < -0.39 is 5.60 Å². The largest absolute Gasteiger partial charge is 0.496 e. The Morgan fingerprint density at radius 3 is 2.48 bits per heavy atom. The Kier molecular flexibility index (Phi) is 6.55. The number of rotatable bonds is 8. The van der Waals surface area contributed by atoms with Gasteiger partial charge in [-0.15, -0.1) is 0 Å². The first-order valence-corrected chi connectivity index (χ1v) is 10.6. The molecular formula is C25H35NO3. The van der Waals surface area contributed by atoms with Crippen LogP contribution in [-0.2, 0) is 12.0 Å². The molecule has 1 unspecified atom stereocenters. The van der Waals surface area contributed by atoms with E-state index in [1.54, 1.807) is 7.11 Å². The fourth-order valence-electron chi connectivity index (χ4n) is 4.61. The Morgan fingerprint density at radius 2 is 1.79 bits per heavy atom. The Labute approximate surface area is 175 Å². The van der Waals surface area contributed by atoms with E-state index in [-0.39, 0.29) is 5.60 Å². The van der Waals surface area contributed by atoms with Crippen LogP contribution in [-0.4, -0.2) is 30.9 Å². The Morgan fingerprint density at radius 1 is 1.10 bits per heavy atom. The molecular weight excluding hydrogens is 362 g/mol. The van der Waals surface area contributed by atoms with Gasteiger partial charge < -0.3 is 19.9 Å². The van der Waals surface area contributed by atoms with Crippen LogP contribution in [0.4, 0.5) is 0 Å². The summed E-state index contributed by atoms with van der Waals surface area (Å²) in [5.41, 5.74) is 3.36. The number of nitrogens with one attached hydrogen (secondary N) is 1. The summed E-state index contributed by atoms with van der Waals surface area (Å²) in [6, 6.07) is 12.3. The highest BCUT2D eigenvalue weighted by molar-refractivity contribution is 5.43. The highest BCUT2D eigenvalue weighted by atomic mass is 16.5. The van der Waals surface area contributed by atoms with Crippen LogP contribution in [0.5, 0.6) is 11.5 Å². The van der Waals surface area contributed by atoms with Gasteiger partial charge in [-0.2, -0.15) is 0 Å². The smallest absolute Gasteiger partial charge is 0.126 e. The maximum Gasteiger partial charge on any atom is 0.126 e. The number of aryl methyl sites for hydroxylation is 3. The van der Waals surface area contributed by atoms with E-state index in [0.717, 1.165) is 42.9 Å². The average Bonchev–Trinajstić information content (AvgIpc) is 2.63. The zero-order valence-electron chi connectivity index (χ0n) is 18.5. The minimum absolute atomic E-state index is 0.380. The zero-order chi connectivity index (χ0) is 21.1. The van der Waals surface area contributed by atoms with Crippen molar-refractivity contribution < 1.29 is 14.6 Å². The third-order valence-electron chi connectivity index (χ3n) is 5.70. The minimum atomic E-state index is -0.900. The predicted molar refractivity (Wildman–Crippen MR) is 118 cm³/mol. The standard InChI is InChI=1S/C25H35NO3/c1-18-14-20(15-19(2)23(18)28-5)10-8-9-13-26-17-25(27)16-24(3,4)29-22-12-7-6-11-21(22)25/h6-7,11-12,14-15,26-27H,8-10,13,16-17H2,1-5H3. The molecule has 2 N–H and O–H groups in total. The quantitative estimate of drug-likeness (QED) is 0.636. The van der Waals surface area contributed by atoms with E-state index in [1.807, 2.05) is 38.1 Å². The van der Waals surface area contributed by atoms with Crippen LogP contribution in [0, 0.1) is 13.8 Å². The Bertz CT molecular complexity index is 823. The molecule has 29 heavy (non-hydrogen) atoms. The molecule has 1 aliphatic heterocycles. The number of unbranched alkanes of at least 4 members (excludes halogenated alkanes) is 1. The van der Waals surface area contributed by atoms with Gasteiger partial charge >= 0.3 is 0 Å². The number of aliphatic hydroxyl groups is 1. The molecule has 1 heterocycles. The molecule has 0 radical (unpaired) electrons. The number of methoxy groups -OCH3 is 1. The van der Waals surface area contributed by atoms with Crippen LogP contribution < -0.4 is 14.8 Å². The maximum absolute atomic E-state index is 11.3. The van der Waals surface area contributed by atoms with Crippen molar-refractivity contribution in [3.63, 3.8) is 0 Å². The van der Waals surface area contributed by atoms with E-state index in [0.29, 0.717) is 13.0 Å². The summed E-state index contributed by atoms with van der Waals surface area (Å²) < 4.78 is 11.5. The molecule has 4 nitrogen and oxygen atoms in total. The number of fused-ring (bicyclic) bond motifs is 1. The van der Waals surface area contributed by atoms with Crippen molar-refractivity contribution in [2.24, 2.45) is 0 Å². The van der Waals surface area contributed by atoms with Crippen molar-refractivity contribution in [2.75, 3.05) is 20.2 Å². The molecule has 4 heteroatoms. The van der Waals surface area contributed by atoms with Crippen LogP contribution in [0.2, 0.25) is 0 Å². The van der Waals surface area contributed by atoms with Gasteiger partial charge in [-0.25, -0.2) is 0 Å². The van der Waals surface area contributed by atoms with Crippen LogP contribution >= 0.6 is 0 Å². The van der Waals surface area contributed by atoms with Gasteiger partial charge in [0.15, 0.2) is 0 Å². The average molecular weight is 398 g/mol. The molecule has 0 aromatic heterocycles. The van der Waals surface area contributed by atoms with Gasteiger partial charge in [-0.1, -0.05) is 30.3 Å². The summed E-state index contributed by atoms with van der Waals surface area (Å²) in [6.45, 7) is 9.70. The molecule has 0 aliphatic carbocycles. The molecule has 0 spiro atoms. The second kappa shape index (κ2) is 8.76. The number of hydrogen-bond acceptors (Lipinski definition) is 4. The lowest BCUT2D eigenvalue weighted by Gasteiger charge is -2.43. The fourth-order valence-corrected chi connectivity index (χ4v) is 4.61. The van der Waals surface area contributed by atoms with Crippen LogP contribution in [0.15, 0.2) is 36.4 Å². The highest BCUT2D eigenvalue weighted by Gasteiger charge is 2.43. The first-order chi connectivity index (χ1) is 13.7. The monoisotopic (exact) mass is 397 g/mol. The molecule has 1 aliphatic rings. The minimum Gasteiger partial charge on any atom is -0.496 e. The van der Waals surface area contributed by atoms with Gasteiger partial charge in [-0.3, -0.25) is 0 Å². The third kappa shape index (κ3) is 5.12. The summed E-state index contributed by atoms with van der Waals surface area (Å²) >= 11 is 0. The molecule has 158 valence electrons. The first-order valence-electron chi connectivity index (χ1n) is 10.6. The van der Waals surface area contributed by atoms with E-state index in [9.17, 15) is 5.11 Å². The van der Waals surface area contributed by atoms with Gasteiger partial charge in [-0.05, 0) is 76.3 Å². The Balaban J connectivity index is 1.50. The van der Waals surface area contributed by atoms with Crippen molar-refractivity contribution in [3.8, 4) is 11.5 Å². The lowest BCUT2D eigenvalue weighted by Crippen LogP contribution is -2.49. The molecule has 1 atom stereocenters. The van der Waals surface area contributed by atoms with Gasteiger partial charge in [0.1, 0.15) is 22.7 Å². The van der Waals surface area contributed by atoms with Crippen LogP contribution in [0.1, 0.15) is 55.4 Å². The third-order valence-corrected chi connectivity index (χ3v) is 5.70. The van der Waals surface area contributed by atoms with Gasteiger partial charge in [0.05, 0.1) is 7.11 Å². The topological polar surface area (TPSA) is 50.7 Å². The van der Waals surface area contributed by atoms with Gasteiger partial charge in [0.25, 0.3) is 0 Å². The van der Waals surface area contributed by atoms with Crippen molar-refractivity contribution in [3.05, 3.63) is 58.7 Å². The van der Waals surface area contributed by atoms with Gasteiger partial charge in [0.2, 0.25) is 0 Å². The van der Waals surface area contributed by atoms with E-state index >= 15 is 0 Å². The van der Waals surface area contributed by atoms with Crippen molar-refractivity contribution in [1.29, 1.82) is 0 Å². The van der Waals surface area contributed by atoms with Crippen molar-refractivity contribution in [1.82, 2.24) is 5.32 Å². The van der Waals surface area contributed by atoms with Gasteiger partial charge in [0, 0.05) is 18.5 Å². The number of para-hydroxylation sites is 1. The fraction of sp³-hybridized carbons (Fsp3) is 0.520. The second-order valence-electron chi connectivity index (χ2n) is 8.96. The summed E-state index contributed by atoms with van der Waals surface area (Å²) in [5, 5.41) is 14.8. The van der Waals surface area contributed by atoms with Crippen LogP contribution in [0.3, 0.4) is 0 Å². The number of benzene rings is 2. The van der Waals surface area contributed by atoms with Crippen LogP contribution in [0.25, 0.3) is 0 Å². The summed E-state index contributed by atoms with van der Waals surface area (Å²) in [4.78, 5) is 0. The molecule has 3 rings (SSSR count). The molecule has 0 bridgehead atoms. The van der Waals surface area contributed by atoms with Crippen molar-refractivity contribution in [2.45, 2.75) is 64.6 Å². The summed E-state index contributed by atoms with van der Waals surface area (Å²) in [5.74, 6) is 1.78. The van der Waals surface area contributed by atoms with E-state index in [2.05, 4.69) is 31.3 Å². The number of ether oxygens (including phenoxy) is 2. The van der Waals surface area contributed by atoms with E-state index in [1.165, 1.54) is 16.7 Å². The normalized spacial score (nSPS) is 20.1. The molecule has 0 saturated heterocycles. The number of hydrogen-bond donors (Lipinski definition) is 2.